The van der Waals surface area contributed by atoms with Gasteiger partial charge in [-0.15, -0.1) is 34.0 Å². The number of sulfonamides is 2. The number of nitrogens with one attached hydrogen (secondary N) is 2. The molecule has 8 heterocycles. The topological polar surface area (TPSA) is 335 Å². The molecule has 644 valence electrons. The van der Waals surface area contributed by atoms with E-state index in [4.69, 9.17) is 40.8 Å². The predicted molar refractivity (Wildman–Crippen MR) is 470 cm³/mol. The molecule has 0 radical (unpaired) electrons. The molecule has 4 aliphatic heterocycles. The third-order valence-corrected chi connectivity index (χ3v) is 32.5. The zero-order valence-corrected chi connectivity index (χ0v) is 75.0. The molecule has 6 fully saturated rings. The molecule has 16 rings (SSSR count). The van der Waals surface area contributed by atoms with Crippen LogP contribution in [0.5, 0.6) is 5.19 Å². The molecular formula is C90H105ClN8O16S6. The molecule has 0 unspecified atom stereocenters. The summed E-state index contributed by atoms with van der Waals surface area (Å²) >= 11 is 12.1. The second-order valence-electron chi connectivity index (χ2n) is 36.0. The molecule has 24 nitrogen and oxygen atoms in total. The van der Waals surface area contributed by atoms with Gasteiger partial charge in [-0.25, -0.2) is 36.8 Å². The van der Waals surface area contributed by atoms with E-state index in [9.17, 15) is 60.3 Å². The van der Waals surface area contributed by atoms with Gasteiger partial charge >= 0.3 is 11.9 Å². The lowest BCUT2D eigenvalue weighted by molar-refractivity contribution is -0.159. The molecule has 2 saturated heterocycles. The lowest BCUT2D eigenvalue weighted by Crippen LogP contribution is -2.47. The maximum atomic E-state index is 14.7. The Hall–Kier alpha value is -8.49. The largest absolute Gasteiger partial charge is 0.465 e. The first kappa shape index (κ1) is 88.8. The van der Waals surface area contributed by atoms with Crippen LogP contribution in [0.15, 0.2) is 132 Å². The molecule has 4 amide bonds. The van der Waals surface area contributed by atoms with Gasteiger partial charge in [-0.1, -0.05) is 158 Å². The molecule has 8 aromatic rings. The highest BCUT2D eigenvalue weighted by Gasteiger charge is 2.65. The monoisotopic (exact) mass is 1780 g/mol. The summed E-state index contributed by atoms with van der Waals surface area (Å²) in [6, 6.07) is 30.2. The maximum Gasteiger partial charge on any atom is 0.307 e. The second kappa shape index (κ2) is 36.0. The quantitative estimate of drug-likeness (QED) is 0.0597. The van der Waals surface area contributed by atoms with Gasteiger partial charge in [-0.05, 0) is 156 Å². The SMILES string of the molecule is CC(C)(C)OC(=O)C[C@H]1CCCCC/C=C\[C@@H]2C[C@@]2(C(=O)NS(=O)(=O)C2(C)CC2)CC(=O)[C@@H]2C[C@@H](O)CN2C1=O.CC(C)(C)OC(=O)C[C@H]1CCCCC/C=C\[C@@H]2C[C@@]2(C(=O)NS(=O)(=O)C2(C)CC2)CC(=O)[C@@H]2C[C@@H](Oc3nc4cccc(-c5nc(-c6ccccc6)cs5)c4s3)CN2C1=O.Clc1nc2cccc(-c3nc(-c4ccccc4)cs3)c2s1. The van der Waals surface area contributed by atoms with Crippen LogP contribution in [0, 0.1) is 34.5 Å². The summed E-state index contributed by atoms with van der Waals surface area (Å²) in [5.41, 5.74) is 3.84. The van der Waals surface area contributed by atoms with Crippen LogP contribution in [0.1, 0.15) is 197 Å². The summed E-state index contributed by atoms with van der Waals surface area (Å²) in [5.74, 6) is -5.76. The van der Waals surface area contributed by atoms with Crippen LogP contribution in [0.2, 0.25) is 4.47 Å². The fourth-order valence-electron chi connectivity index (χ4n) is 16.6. The number of ether oxygens (including phenoxy) is 3. The number of amides is 4. The van der Waals surface area contributed by atoms with Gasteiger partial charge in [0.25, 0.3) is 5.19 Å². The maximum absolute atomic E-state index is 14.7. The zero-order chi connectivity index (χ0) is 86.2. The minimum Gasteiger partial charge on any atom is -0.465 e. The number of aromatic nitrogens is 4. The molecule has 3 N–H and O–H groups in total. The van der Waals surface area contributed by atoms with Crippen molar-refractivity contribution in [1.82, 2.24) is 39.2 Å². The van der Waals surface area contributed by atoms with Crippen molar-refractivity contribution in [3.05, 3.63) is 137 Å². The first-order valence-corrected chi connectivity index (χ1v) is 48.5. The molecule has 0 spiro atoms. The minimum absolute atomic E-state index is 0.0324. The van der Waals surface area contributed by atoms with Gasteiger partial charge in [-0.2, -0.15) is 0 Å². The highest BCUT2D eigenvalue weighted by Crippen LogP contribution is 2.59. The van der Waals surface area contributed by atoms with E-state index in [0.29, 0.717) is 73.9 Å². The van der Waals surface area contributed by atoms with E-state index < -0.39 is 111 Å². The first-order chi connectivity index (χ1) is 57.4. The van der Waals surface area contributed by atoms with Crippen molar-refractivity contribution >= 4 is 145 Å². The van der Waals surface area contributed by atoms with Crippen LogP contribution in [-0.2, 0) is 67.9 Å². The first-order valence-electron chi connectivity index (χ1n) is 41.8. The van der Waals surface area contributed by atoms with E-state index in [1.807, 2.05) is 109 Å². The summed E-state index contributed by atoms with van der Waals surface area (Å²) in [6.45, 7) is 13.9. The lowest BCUT2D eigenvalue weighted by atomic mass is 9.90. The van der Waals surface area contributed by atoms with Crippen LogP contribution in [0.4, 0.5) is 0 Å². The molecule has 4 saturated carbocycles. The number of esters is 2. The molecule has 0 bridgehead atoms. The Balaban J connectivity index is 0.000000167. The van der Waals surface area contributed by atoms with Gasteiger partial charge in [0.2, 0.25) is 43.7 Å². The van der Waals surface area contributed by atoms with Crippen molar-refractivity contribution in [2.24, 2.45) is 34.5 Å². The number of Topliss-reactive ketones (excluding diaryl/α,β-unsaturated/α-hetero) is 2. The van der Waals surface area contributed by atoms with Crippen LogP contribution < -0.4 is 14.2 Å². The van der Waals surface area contributed by atoms with Crippen molar-refractivity contribution in [3.63, 3.8) is 0 Å². The molecular weight excluding hydrogens is 1680 g/mol. The Morgan fingerprint density at radius 2 is 0.992 bits per heavy atom. The van der Waals surface area contributed by atoms with Gasteiger partial charge in [-0.3, -0.25) is 47.8 Å². The number of halogens is 1. The molecule has 4 aromatic carbocycles. The Labute approximate surface area is 727 Å². The van der Waals surface area contributed by atoms with E-state index in [1.165, 1.54) is 32.5 Å². The highest BCUT2D eigenvalue weighted by atomic mass is 35.5. The Morgan fingerprint density at radius 3 is 1.45 bits per heavy atom. The van der Waals surface area contributed by atoms with Crippen LogP contribution >= 0.6 is 56.9 Å². The molecule has 31 heteroatoms. The van der Waals surface area contributed by atoms with Crippen molar-refractivity contribution in [3.8, 4) is 48.9 Å². The third-order valence-electron chi connectivity index (χ3n) is 24.3. The smallest absolute Gasteiger partial charge is 0.307 e. The molecule has 10 atom stereocenters. The average molecular weight is 1780 g/mol. The van der Waals surface area contributed by atoms with Gasteiger partial charge in [0.05, 0.1) is 89.7 Å². The number of benzene rings is 4. The van der Waals surface area contributed by atoms with Crippen molar-refractivity contribution in [2.75, 3.05) is 13.1 Å². The molecule has 121 heavy (non-hydrogen) atoms. The Kier molecular flexibility index (Phi) is 26.4. The number of carbonyl (C=O) groups excluding carboxylic acids is 8. The molecule has 4 aliphatic carbocycles. The Morgan fingerprint density at radius 1 is 0.554 bits per heavy atom. The van der Waals surface area contributed by atoms with E-state index in [2.05, 4.69) is 38.0 Å². The summed E-state index contributed by atoms with van der Waals surface area (Å²) < 4.78 is 75.0. The summed E-state index contributed by atoms with van der Waals surface area (Å²) in [4.78, 5) is 132. The summed E-state index contributed by atoms with van der Waals surface area (Å²) in [6.07, 6.45) is 15.5. The number of aliphatic hydroxyl groups excluding tert-OH is 1. The predicted octanol–water partition coefficient (Wildman–Crippen LogP) is 16.8. The van der Waals surface area contributed by atoms with Crippen LogP contribution in [-0.4, -0.2) is 157 Å². The fourth-order valence-corrected chi connectivity index (χ4v) is 23.2. The normalized spacial score (nSPS) is 26.1. The zero-order valence-electron chi connectivity index (χ0n) is 69.4. The van der Waals surface area contributed by atoms with Crippen molar-refractivity contribution < 1.29 is 74.5 Å². The number of allylic oxidation sites excluding steroid dienone is 4. The van der Waals surface area contributed by atoms with E-state index >= 15 is 0 Å². The number of ketones is 2. The van der Waals surface area contributed by atoms with Gasteiger partial charge in [0, 0.05) is 77.1 Å². The van der Waals surface area contributed by atoms with Gasteiger partial charge < -0.3 is 29.1 Å². The number of aliphatic hydroxyl groups is 1. The summed E-state index contributed by atoms with van der Waals surface area (Å²) in [5, 5.41) is 16.8. The van der Waals surface area contributed by atoms with E-state index in [1.54, 1.807) is 78.1 Å². The molecule has 4 aromatic heterocycles. The fraction of sp³-hybridized carbons (Fsp3) is 0.511. The van der Waals surface area contributed by atoms with Crippen LogP contribution in [0.3, 0.4) is 0 Å². The number of hydrogen-bond donors (Lipinski definition) is 3. The van der Waals surface area contributed by atoms with Gasteiger partial charge in [0.1, 0.15) is 27.3 Å². The van der Waals surface area contributed by atoms with Gasteiger partial charge in [0.15, 0.2) is 16.0 Å². The highest BCUT2D eigenvalue weighted by molar-refractivity contribution is 7.92. The number of thiazole rings is 4. The summed E-state index contributed by atoms with van der Waals surface area (Å²) in [7, 11) is -7.83. The minimum atomic E-state index is -3.95. The van der Waals surface area contributed by atoms with Crippen LogP contribution in [0.25, 0.3) is 64.1 Å². The second-order valence-corrected chi connectivity index (χ2v) is 44.7. The number of rotatable bonds is 16. The van der Waals surface area contributed by atoms with E-state index in [0.717, 1.165) is 103 Å². The third kappa shape index (κ3) is 20.8. The number of hydrogen-bond acceptors (Lipinski definition) is 24. The number of carbonyl (C=O) groups is 8. The number of nitrogens with zero attached hydrogens (tertiary/aromatic N) is 6. The van der Waals surface area contributed by atoms with Crippen molar-refractivity contribution in [1.29, 1.82) is 0 Å². The standard InChI is InChI=1S/C45H52N4O8S3.C29H44N2O8S.C16H9ClN2S2/c1-43(2,3)57-37(51)22-29-16-9-6-5-7-12-17-30-24-45(30,41(53)48-60(54,55)44(4)20-21-44)25-36(50)35-23-31(26-49(35)40(29)52)56-42-47-33-19-13-18-32(38(33)59-42)39-46-34(27-58-39)28-14-10-8-11-15-28;1-27(2,3)39-24(34)14-19-10-8-6-5-7-9-11-20-16-29(20,26(36)30-40(37,38)28(4)12-13-28)17-23(33)22-15-21(32)18-31(22)25(19)35;17-16-19-12-8-4-7-11(14(12)21-16)15-18-13(9-20-15)10-5-2-1-3-6-10/h8,10-15,17-19,27,29-31,35H,5-7,9,16,20-26H2,1-4H3,(H,48,53);9,11,19-22,32H,5-8,10,12-18H2,1-4H3,(H,30,36);1-9H/b17-12-;11-9-;/t29-,30-,31-,35+,45-;19-,20-,21-,22+,29-;/m11./s1. The number of fused-ring (bicyclic) bond motifs is 6. The molecule has 8 aliphatic rings. The average Bonchev–Trinajstić information content (AvgIpc) is 1.57. The lowest BCUT2D eigenvalue weighted by Gasteiger charge is -2.29. The Bertz CT molecular complexity index is 5530. The van der Waals surface area contributed by atoms with E-state index in [-0.39, 0.29) is 86.8 Å². The van der Waals surface area contributed by atoms with Crippen molar-refractivity contribution in [2.45, 2.75) is 242 Å².